The molecule has 0 saturated carbocycles. The van der Waals surface area contributed by atoms with E-state index in [4.69, 9.17) is 16.3 Å². The minimum atomic E-state index is -0.0901. The van der Waals surface area contributed by atoms with Gasteiger partial charge in [0.2, 0.25) is 5.91 Å². The number of hydrogen-bond acceptors (Lipinski definition) is 3. The van der Waals surface area contributed by atoms with Crippen LogP contribution in [0, 0.1) is 0 Å². The number of carbonyl (C=O) groups is 1. The topological polar surface area (TPSA) is 50.4 Å². The highest BCUT2D eigenvalue weighted by Crippen LogP contribution is 2.25. The molecule has 0 aliphatic rings. The molecule has 0 aliphatic carbocycles. The van der Waals surface area contributed by atoms with Crippen molar-refractivity contribution in [2.24, 2.45) is 0 Å². The molecule has 0 radical (unpaired) electrons. The lowest BCUT2D eigenvalue weighted by atomic mass is 10.2. The van der Waals surface area contributed by atoms with Crippen LogP contribution in [0.5, 0.6) is 5.75 Å². The maximum atomic E-state index is 12.0. The number of carbonyl (C=O) groups excluding carboxylic acids is 1. The van der Waals surface area contributed by atoms with Crippen LogP contribution < -0.4 is 15.4 Å². The maximum absolute atomic E-state index is 12.0. The Labute approximate surface area is 157 Å². The number of ether oxygens (including phenoxy) is 1. The van der Waals surface area contributed by atoms with Crippen LogP contribution in [0.4, 0.5) is 17.1 Å². The Kier molecular flexibility index (Phi) is 6.12. The fraction of sp³-hybridized carbons (Fsp3) is 0.0952. The van der Waals surface area contributed by atoms with Gasteiger partial charge in [-0.2, -0.15) is 0 Å². The third kappa shape index (κ3) is 5.26. The van der Waals surface area contributed by atoms with Gasteiger partial charge in [-0.3, -0.25) is 4.79 Å². The van der Waals surface area contributed by atoms with Crippen molar-refractivity contribution in [1.29, 1.82) is 0 Å². The van der Waals surface area contributed by atoms with E-state index < -0.39 is 0 Å². The third-order valence-corrected chi connectivity index (χ3v) is 3.99. The van der Waals surface area contributed by atoms with Crippen molar-refractivity contribution < 1.29 is 9.53 Å². The number of benzene rings is 3. The average Bonchev–Trinajstić information content (AvgIpc) is 2.66. The van der Waals surface area contributed by atoms with Gasteiger partial charge in [0.15, 0.2) is 0 Å². The molecule has 4 nitrogen and oxygen atoms in total. The van der Waals surface area contributed by atoms with Crippen LogP contribution in [-0.2, 0) is 4.79 Å². The molecule has 0 atom stereocenters. The fourth-order valence-corrected chi connectivity index (χ4v) is 2.54. The molecule has 0 unspecified atom stereocenters. The maximum Gasteiger partial charge on any atom is 0.227 e. The molecule has 0 heterocycles. The van der Waals surface area contributed by atoms with Gasteiger partial charge >= 0.3 is 0 Å². The second-order valence-corrected chi connectivity index (χ2v) is 6.05. The Bertz CT molecular complexity index is 851. The van der Waals surface area contributed by atoms with Crippen LogP contribution in [-0.4, -0.2) is 12.5 Å². The van der Waals surface area contributed by atoms with Gasteiger partial charge in [-0.05, 0) is 48.5 Å². The summed E-state index contributed by atoms with van der Waals surface area (Å²) in [4.78, 5) is 12.0. The van der Waals surface area contributed by atoms with Crippen LogP contribution in [0.1, 0.15) is 6.42 Å². The molecular formula is C21H19ClN2O2. The second kappa shape index (κ2) is 8.92. The molecule has 3 rings (SSSR count). The van der Waals surface area contributed by atoms with Crippen LogP contribution in [0.25, 0.3) is 0 Å². The molecule has 26 heavy (non-hydrogen) atoms. The molecule has 3 aromatic rings. The number of anilines is 3. The average molecular weight is 367 g/mol. The van der Waals surface area contributed by atoms with E-state index in [9.17, 15) is 4.79 Å². The Morgan fingerprint density at radius 1 is 0.846 bits per heavy atom. The van der Waals surface area contributed by atoms with Gasteiger partial charge in [0.1, 0.15) is 5.75 Å². The van der Waals surface area contributed by atoms with E-state index in [0.29, 0.717) is 11.6 Å². The first-order valence-electron chi connectivity index (χ1n) is 8.30. The summed E-state index contributed by atoms with van der Waals surface area (Å²) in [6.07, 6.45) is 0.286. The van der Waals surface area contributed by atoms with Crippen LogP contribution in [0.2, 0.25) is 5.02 Å². The molecule has 1 amide bonds. The van der Waals surface area contributed by atoms with E-state index in [1.807, 2.05) is 78.9 Å². The number of halogens is 1. The number of hydrogen-bond donors (Lipinski definition) is 2. The third-order valence-electron chi connectivity index (χ3n) is 3.66. The predicted octanol–water partition coefficient (Wildman–Crippen LogP) is 5.49. The molecule has 0 fully saturated rings. The molecule has 0 aliphatic heterocycles. The Morgan fingerprint density at radius 2 is 1.50 bits per heavy atom. The summed E-state index contributed by atoms with van der Waals surface area (Å²) in [7, 11) is 0. The van der Waals surface area contributed by atoms with E-state index in [-0.39, 0.29) is 12.3 Å². The van der Waals surface area contributed by atoms with E-state index in [0.717, 1.165) is 22.8 Å². The van der Waals surface area contributed by atoms with Gasteiger partial charge in [0, 0.05) is 11.4 Å². The minimum absolute atomic E-state index is 0.0901. The Balaban J connectivity index is 1.47. The van der Waals surface area contributed by atoms with Gasteiger partial charge in [0.25, 0.3) is 0 Å². The molecule has 0 spiro atoms. The van der Waals surface area contributed by atoms with Gasteiger partial charge in [-0.15, -0.1) is 0 Å². The largest absolute Gasteiger partial charge is 0.493 e. The molecule has 3 aromatic carbocycles. The first-order valence-corrected chi connectivity index (χ1v) is 8.68. The minimum Gasteiger partial charge on any atom is -0.493 e. The lowest BCUT2D eigenvalue weighted by molar-refractivity contribution is -0.116. The predicted molar refractivity (Wildman–Crippen MR) is 106 cm³/mol. The number of para-hydroxylation sites is 2. The van der Waals surface area contributed by atoms with Crippen molar-refractivity contribution in [2.45, 2.75) is 6.42 Å². The molecule has 0 bridgehead atoms. The molecule has 132 valence electrons. The van der Waals surface area contributed by atoms with E-state index in [1.54, 1.807) is 0 Å². The highest BCUT2D eigenvalue weighted by Gasteiger charge is 2.04. The van der Waals surface area contributed by atoms with Crippen molar-refractivity contribution in [3.63, 3.8) is 0 Å². The lowest BCUT2D eigenvalue weighted by Crippen LogP contribution is -2.15. The van der Waals surface area contributed by atoms with E-state index in [2.05, 4.69) is 10.6 Å². The first kappa shape index (κ1) is 17.8. The molecule has 0 saturated heterocycles. The zero-order valence-electron chi connectivity index (χ0n) is 14.1. The number of nitrogens with one attached hydrogen (secondary N) is 2. The molecule has 2 N–H and O–H groups in total. The van der Waals surface area contributed by atoms with Gasteiger partial charge < -0.3 is 15.4 Å². The van der Waals surface area contributed by atoms with Crippen molar-refractivity contribution in [3.05, 3.63) is 83.9 Å². The van der Waals surface area contributed by atoms with Crippen LogP contribution in [0.3, 0.4) is 0 Å². The molecular weight excluding hydrogens is 348 g/mol. The van der Waals surface area contributed by atoms with Crippen molar-refractivity contribution >= 4 is 34.6 Å². The van der Waals surface area contributed by atoms with Crippen LogP contribution in [0.15, 0.2) is 78.9 Å². The molecule has 5 heteroatoms. The van der Waals surface area contributed by atoms with E-state index >= 15 is 0 Å². The lowest BCUT2D eigenvalue weighted by Gasteiger charge is -2.10. The quantitative estimate of drug-likeness (QED) is 0.581. The SMILES string of the molecule is O=C(CCOc1ccccc1)Nc1ccc(Nc2ccccc2Cl)cc1. The summed E-state index contributed by atoms with van der Waals surface area (Å²) in [5.74, 6) is 0.669. The van der Waals surface area contributed by atoms with Gasteiger partial charge in [-0.1, -0.05) is 41.9 Å². The normalized spacial score (nSPS) is 10.2. The smallest absolute Gasteiger partial charge is 0.227 e. The summed E-state index contributed by atoms with van der Waals surface area (Å²) in [6.45, 7) is 0.335. The highest BCUT2D eigenvalue weighted by atomic mass is 35.5. The number of amides is 1. The standard InChI is InChI=1S/C21H19ClN2O2/c22-19-8-4-5-9-20(19)23-16-10-12-17(13-11-16)24-21(25)14-15-26-18-6-2-1-3-7-18/h1-13,23H,14-15H2,(H,24,25). The number of rotatable bonds is 7. The van der Waals surface area contributed by atoms with Crippen molar-refractivity contribution in [1.82, 2.24) is 0 Å². The summed E-state index contributed by atoms with van der Waals surface area (Å²) >= 11 is 6.14. The van der Waals surface area contributed by atoms with Gasteiger partial charge in [-0.25, -0.2) is 0 Å². The van der Waals surface area contributed by atoms with Crippen molar-refractivity contribution in [2.75, 3.05) is 17.2 Å². The summed E-state index contributed by atoms with van der Waals surface area (Å²) in [5, 5.41) is 6.75. The zero-order valence-corrected chi connectivity index (χ0v) is 14.9. The summed E-state index contributed by atoms with van der Waals surface area (Å²) in [5.41, 5.74) is 2.46. The second-order valence-electron chi connectivity index (χ2n) is 5.64. The fourth-order valence-electron chi connectivity index (χ4n) is 2.36. The van der Waals surface area contributed by atoms with Gasteiger partial charge in [0.05, 0.1) is 23.7 Å². The van der Waals surface area contributed by atoms with E-state index in [1.165, 1.54) is 0 Å². The Morgan fingerprint density at radius 3 is 2.23 bits per heavy atom. The Hall–Kier alpha value is -2.98. The summed E-state index contributed by atoms with van der Waals surface area (Å²) in [6, 6.07) is 24.4. The first-order chi connectivity index (χ1) is 12.7. The zero-order chi connectivity index (χ0) is 18.2. The van der Waals surface area contributed by atoms with Crippen LogP contribution >= 0.6 is 11.6 Å². The summed E-state index contributed by atoms with van der Waals surface area (Å²) < 4.78 is 5.53. The molecule has 0 aromatic heterocycles. The van der Waals surface area contributed by atoms with Crippen molar-refractivity contribution in [3.8, 4) is 5.75 Å². The monoisotopic (exact) mass is 366 g/mol. The highest BCUT2D eigenvalue weighted by molar-refractivity contribution is 6.33.